The lowest BCUT2D eigenvalue weighted by atomic mass is 10.2. The highest BCUT2D eigenvalue weighted by Crippen LogP contribution is 2.27. The highest BCUT2D eigenvalue weighted by atomic mass is 32.2. The third-order valence-corrected chi connectivity index (χ3v) is 3.84. The van der Waals surface area contributed by atoms with Gasteiger partial charge in [0.05, 0.1) is 0 Å². The molecule has 18 heavy (non-hydrogen) atoms. The van der Waals surface area contributed by atoms with Crippen molar-refractivity contribution in [1.82, 2.24) is 9.97 Å². The first-order valence-electron chi connectivity index (χ1n) is 5.79. The molecular formula is C15H12N2S. The molecule has 2 nitrogen and oxygen atoms in total. The van der Waals surface area contributed by atoms with E-state index in [2.05, 4.69) is 34.2 Å². The van der Waals surface area contributed by atoms with Crippen LogP contribution < -0.4 is 0 Å². The first-order valence-corrected chi connectivity index (χ1v) is 6.77. The van der Waals surface area contributed by atoms with Gasteiger partial charge in [-0.25, -0.2) is 4.98 Å². The predicted octanol–water partition coefficient (Wildman–Crippen LogP) is 3.92. The Morgan fingerprint density at radius 2 is 1.72 bits per heavy atom. The Balaban J connectivity index is 1.87. The van der Waals surface area contributed by atoms with Crippen LogP contribution in [-0.4, -0.2) is 9.97 Å². The van der Waals surface area contributed by atoms with Crippen LogP contribution in [0.1, 0.15) is 5.56 Å². The number of benzene rings is 1. The van der Waals surface area contributed by atoms with E-state index in [1.165, 1.54) is 16.3 Å². The minimum Gasteiger partial charge on any atom is -0.265 e. The van der Waals surface area contributed by atoms with E-state index >= 15 is 0 Å². The van der Waals surface area contributed by atoms with Gasteiger partial charge in [-0.15, -0.1) is 11.8 Å². The molecule has 0 amide bonds. The van der Waals surface area contributed by atoms with Gasteiger partial charge >= 0.3 is 0 Å². The maximum atomic E-state index is 4.47. The fourth-order valence-corrected chi connectivity index (χ4v) is 2.81. The van der Waals surface area contributed by atoms with Crippen molar-refractivity contribution in [3.05, 3.63) is 66.6 Å². The monoisotopic (exact) mass is 252 g/mol. The number of hydrogen-bond donors (Lipinski definition) is 0. The summed E-state index contributed by atoms with van der Waals surface area (Å²) in [4.78, 5) is 8.49. The van der Waals surface area contributed by atoms with Gasteiger partial charge in [0.15, 0.2) is 0 Å². The number of thioether (sulfide) groups is 1. The second kappa shape index (κ2) is 5.19. The summed E-state index contributed by atoms with van der Waals surface area (Å²) in [6.45, 7) is 0. The molecule has 3 heteroatoms. The molecule has 0 bridgehead atoms. The number of pyridine rings is 2. The van der Waals surface area contributed by atoms with Crippen LogP contribution in [0.2, 0.25) is 0 Å². The van der Waals surface area contributed by atoms with E-state index in [1.807, 2.05) is 36.8 Å². The van der Waals surface area contributed by atoms with Crippen LogP contribution in [0.25, 0.3) is 10.8 Å². The Morgan fingerprint density at radius 1 is 0.889 bits per heavy atom. The molecule has 0 saturated heterocycles. The average molecular weight is 252 g/mol. The Hall–Kier alpha value is -1.87. The summed E-state index contributed by atoms with van der Waals surface area (Å²) in [6.07, 6.45) is 5.52. The Kier molecular flexibility index (Phi) is 3.24. The largest absolute Gasteiger partial charge is 0.265 e. The summed E-state index contributed by atoms with van der Waals surface area (Å²) in [5.41, 5.74) is 1.27. The zero-order chi connectivity index (χ0) is 12.2. The van der Waals surface area contributed by atoms with Crippen LogP contribution in [0.3, 0.4) is 0 Å². The molecular weight excluding hydrogens is 240 g/mol. The molecule has 0 N–H and O–H groups in total. The van der Waals surface area contributed by atoms with Gasteiger partial charge in [-0.05, 0) is 29.1 Å². The molecule has 3 aromatic rings. The summed E-state index contributed by atoms with van der Waals surface area (Å²) in [5.74, 6) is 0.920. The Bertz CT molecular complexity index is 647. The summed E-state index contributed by atoms with van der Waals surface area (Å²) in [7, 11) is 0. The first kappa shape index (κ1) is 11.2. The van der Waals surface area contributed by atoms with Gasteiger partial charge in [0.2, 0.25) is 0 Å². The van der Waals surface area contributed by atoms with Crippen molar-refractivity contribution < 1.29 is 0 Å². The van der Waals surface area contributed by atoms with E-state index < -0.39 is 0 Å². The second-order valence-electron chi connectivity index (χ2n) is 3.98. The summed E-state index contributed by atoms with van der Waals surface area (Å²) >= 11 is 1.76. The van der Waals surface area contributed by atoms with Gasteiger partial charge < -0.3 is 0 Å². The molecule has 0 aliphatic rings. The standard InChI is InChI=1S/C15H12N2S/c1-2-4-14-13(3-1)7-10-17-15(14)18-11-12-5-8-16-9-6-12/h1-10H,11H2. The predicted molar refractivity (Wildman–Crippen MR) is 75.5 cm³/mol. The molecule has 2 aromatic heterocycles. The molecule has 0 fully saturated rings. The summed E-state index contributed by atoms with van der Waals surface area (Å²) in [5, 5.41) is 3.55. The minimum atomic E-state index is 0.920. The smallest absolute Gasteiger partial charge is 0.104 e. The van der Waals surface area contributed by atoms with Crippen molar-refractivity contribution in [2.24, 2.45) is 0 Å². The van der Waals surface area contributed by atoms with Gasteiger partial charge in [0, 0.05) is 29.7 Å². The third kappa shape index (κ3) is 2.36. The van der Waals surface area contributed by atoms with Crippen molar-refractivity contribution in [1.29, 1.82) is 0 Å². The van der Waals surface area contributed by atoms with Gasteiger partial charge in [0.25, 0.3) is 0 Å². The van der Waals surface area contributed by atoms with Crippen LogP contribution in [0, 0.1) is 0 Å². The number of nitrogens with zero attached hydrogens (tertiary/aromatic N) is 2. The lowest BCUT2D eigenvalue weighted by Crippen LogP contribution is -1.85. The van der Waals surface area contributed by atoms with Crippen molar-refractivity contribution >= 4 is 22.5 Å². The summed E-state index contributed by atoms with van der Waals surface area (Å²) in [6, 6.07) is 14.5. The van der Waals surface area contributed by atoms with E-state index in [4.69, 9.17) is 0 Å². The third-order valence-electron chi connectivity index (χ3n) is 2.76. The van der Waals surface area contributed by atoms with Crippen molar-refractivity contribution in [3.63, 3.8) is 0 Å². The number of hydrogen-bond acceptors (Lipinski definition) is 3. The molecule has 0 spiro atoms. The molecule has 0 radical (unpaired) electrons. The molecule has 0 aliphatic heterocycles. The topological polar surface area (TPSA) is 25.8 Å². The number of rotatable bonds is 3. The second-order valence-corrected chi connectivity index (χ2v) is 4.95. The fraction of sp³-hybridized carbons (Fsp3) is 0.0667. The number of aromatic nitrogens is 2. The lowest BCUT2D eigenvalue weighted by Gasteiger charge is -2.05. The quantitative estimate of drug-likeness (QED) is 0.661. The Morgan fingerprint density at radius 3 is 2.61 bits per heavy atom. The van der Waals surface area contributed by atoms with E-state index in [9.17, 15) is 0 Å². The highest BCUT2D eigenvalue weighted by Gasteiger charge is 2.02. The van der Waals surface area contributed by atoms with E-state index in [0.29, 0.717) is 0 Å². The van der Waals surface area contributed by atoms with Crippen LogP contribution in [0.5, 0.6) is 0 Å². The molecule has 0 unspecified atom stereocenters. The molecule has 0 aliphatic carbocycles. The van der Waals surface area contributed by atoms with Gasteiger partial charge in [-0.3, -0.25) is 4.98 Å². The normalized spacial score (nSPS) is 10.7. The fourth-order valence-electron chi connectivity index (χ4n) is 1.84. The minimum absolute atomic E-state index is 0.920. The van der Waals surface area contributed by atoms with E-state index in [-0.39, 0.29) is 0 Å². The van der Waals surface area contributed by atoms with E-state index in [1.54, 1.807) is 11.8 Å². The molecule has 1 aromatic carbocycles. The summed E-state index contributed by atoms with van der Waals surface area (Å²) < 4.78 is 0. The average Bonchev–Trinajstić information content (AvgIpc) is 2.46. The Labute approximate surface area is 110 Å². The highest BCUT2D eigenvalue weighted by molar-refractivity contribution is 7.98. The maximum absolute atomic E-state index is 4.47. The lowest BCUT2D eigenvalue weighted by molar-refractivity contribution is 1.17. The maximum Gasteiger partial charge on any atom is 0.104 e. The van der Waals surface area contributed by atoms with Crippen LogP contribution in [0.15, 0.2) is 66.1 Å². The molecule has 88 valence electrons. The van der Waals surface area contributed by atoms with Gasteiger partial charge in [0.1, 0.15) is 5.03 Å². The van der Waals surface area contributed by atoms with Crippen molar-refractivity contribution in [3.8, 4) is 0 Å². The van der Waals surface area contributed by atoms with Crippen LogP contribution in [-0.2, 0) is 5.75 Å². The molecule has 3 rings (SSSR count). The van der Waals surface area contributed by atoms with E-state index in [0.717, 1.165) is 10.8 Å². The first-order chi connectivity index (χ1) is 8.93. The van der Waals surface area contributed by atoms with Crippen LogP contribution in [0.4, 0.5) is 0 Å². The zero-order valence-electron chi connectivity index (χ0n) is 9.78. The van der Waals surface area contributed by atoms with Crippen LogP contribution >= 0.6 is 11.8 Å². The van der Waals surface area contributed by atoms with Gasteiger partial charge in [-0.2, -0.15) is 0 Å². The van der Waals surface area contributed by atoms with Crippen molar-refractivity contribution in [2.75, 3.05) is 0 Å². The number of fused-ring (bicyclic) bond motifs is 1. The molecule has 0 saturated carbocycles. The molecule has 0 atom stereocenters. The van der Waals surface area contributed by atoms with Gasteiger partial charge in [-0.1, -0.05) is 24.3 Å². The molecule has 2 heterocycles. The zero-order valence-corrected chi connectivity index (χ0v) is 10.6. The SMILES string of the molecule is c1ccc2c(SCc3ccncc3)nccc2c1. The van der Waals surface area contributed by atoms with Crippen molar-refractivity contribution in [2.45, 2.75) is 10.8 Å².